The second-order valence-electron chi connectivity index (χ2n) is 6.59. The van der Waals surface area contributed by atoms with Gasteiger partial charge in [-0.25, -0.2) is 8.42 Å². The number of rotatable bonds is 6. The first-order valence-electron chi connectivity index (χ1n) is 8.99. The molecule has 1 fully saturated rings. The Labute approximate surface area is 165 Å². The summed E-state index contributed by atoms with van der Waals surface area (Å²) in [7, 11) is -3.80. The van der Waals surface area contributed by atoms with Gasteiger partial charge in [-0.1, -0.05) is 55.5 Å². The number of carbonyl (C=O) groups is 1. The molecule has 2 unspecified atom stereocenters. The van der Waals surface area contributed by atoms with E-state index in [-0.39, 0.29) is 22.7 Å². The van der Waals surface area contributed by atoms with Crippen molar-refractivity contribution in [3.8, 4) is 11.1 Å². The van der Waals surface area contributed by atoms with Gasteiger partial charge >= 0.3 is 0 Å². The van der Waals surface area contributed by atoms with Gasteiger partial charge in [-0.3, -0.25) is 4.79 Å². The first kappa shape index (κ1) is 19.9. The summed E-state index contributed by atoms with van der Waals surface area (Å²) < 4.78 is 28.2. The molecule has 2 aromatic rings. The van der Waals surface area contributed by atoms with Crippen LogP contribution in [0.25, 0.3) is 11.1 Å². The fourth-order valence-corrected chi connectivity index (χ4v) is 6.35. The number of sulfonamides is 1. The van der Waals surface area contributed by atoms with Crippen LogP contribution in [0.15, 0.2) is 59.5 Å². The van der Waals surface area contributed by atoms with Crippen LogP contribution in [-0.4, -0.2) is 42.3 Å². The van der Waals surface area contributed by atoms with Gasteiger partial charge in [0.2, 0.25) is 15.9 Å². The van der Waals surface area contributed by atoms with Crippen LogP contribution in [0, 0.1) is 0 Å². The largest absolute Gasteiger partial charge is 0.352 e. The third-order valence-electron chi connectivity index (χ3n) is 4.70. The summed E-state index contributed by atoms with van der Waals surface area (Å²) in [6, 6.07) is 15.7. The van der Waals surface area contributed by atoms with Crippen LogP contribution in [0.1, 0.15) is 20.3 Å². The van der Waals surface area contributed by atoms with Crippen LogP contribution in [0.2, 0.25) is 0 Å². The number of hydrogen-bond acceptors (Lipinski definition) is 4. The Morgan fingerprint density at radius 2 is 1.85 bits per heavy atom. The van der Waals surface area contributed by atoms with E-state index in [1.807, 2.05) is 50.2 Å². The highest BCUT2D eigenvalue weighted by Crippen LogP contribution is 2.33. The van der Waals surface area contributed by atoms with Gasteiger partial charge < -0.3 is 5.32 Å². The zero-order valence-electron chi connectivity index (χ0n) is 15.5. The topological polar surface area (TPSA) is 66.5 Å². The molecule has 3 rings (SSSR count). The average Bonchev–Trinajstić information content (AvgIpc) is 3.19. The van der Waals surface area contributed by atoms with Crippen LogP contribution >= 0.6 is 11.8 Å². The summed E-state index contributed by atoms with van der Waals surface area (Å²) >= 11 is 1.46. The van der Waals surface area contributed by atoms with E-state index in [2.05, 4.69) is 5.32 Å². The van der Waals surface area contributed by atoms with E-state index in [0.29, 0.717) is 11.3 Å². The third kappa shape index (κ3) is 4.20. The maximum atomic E-state index is 13.4. The summed E-state index contributed by atoms with van der Waals surface area (Å²) in [5.41, 5.74) is 1.49. The molecule has 1 N–H and O–H groups in total. The van der Waals surface area contributed by atoms with Gasteiger partial charge in [-0.2, -0.15) is 4.31 Å². The van der Waals surface area contributed by atoms with Gasteiger partial charge in [-0.05, 0) is 25.0 Å². The molecule has 2 aromatic carbocycles. The molecule has 0 spiro atoms. The smallest absolute Gasteiger partial charge is 0.245 e. The molecule has 2 atom stereocenters. The lowest BCUT2D eigenvalue weighted by Crippen LogP contribution is -2.49. The summed E-state index contributed by atoms with van der Waals surface area (Å²) in [5.74, 6) is 0.522. The maximum absolute atomic E-state index is 13.4. The van der Waals surface area contributed by atoms with E-state index in [0.717, 1.165) is 12.0 Å². The first-order chi connectivity index (χ1) is 12.9. The molecule has 0 bridgehead atoms. The lowest BCUT2D eigenvalue weighted by atomic mass is 10.1. The number of nitrogens with one attached hydrogen (secondary N) is 1. The summed E-state index contributed by atoms with van der Waals surface area (Å²) in [6.07, 6.45) is 0.801. The number of nitrogens with zero attached hydrogens (tertiary/aromatic N) is 1. The van der Waals surface area contributed by atoms with E-state index in [1.54, 1.807) is 18.2 Å². The minimum atomic E-state index is -3.80. The Bertz CT molecular complexity index is 900. The Morgan fingerprint density at radius 1 is 1.19 bits per heavy atom. The van der Waals surface area contributed by atoms with Gasteiger partial charge in [0.05, 0.1) is 10.8 Å². The van der Waals surface area contributed by atoms with Gasteiger partial charge in [-0.15, -0.1) is 11.8 Å². The Balaban J connectivity index is 1.96. The van der Waals surface area contributed by atoms with Crippen molar-refractivity contribution in [1.82, 2.24) is 9.62 Å². The molecule has 7 heteroatoms. The van der Waals surface area contributed by atoms with Crippen LogP contribution in [-0.2, 0) is 14.8 Å². The molecule has 0 saturated carbocycles. The summed E-state index contributed by atoms with van der Waals surface area (Å²) in [5, 5.41) is 2.91. The third-order valence-corrected chi connectivity index (χ3v) is 7.79. The fraction of sp³-hybridized carbons (Fsp3) is 0.350. The average molecular weight is 405 g/mol. The molecule has 1 aliphatic rings. The molecule has 27 heavy (non-hydrogen) atoms. The van der Waals surface area contributed by atoms with Crippen LogP contribution in [0.5, 0.6) is 0 Å². The zero-order chi connectivity index (χ0) is 19.4. The lowest BCUT2D eigenvalue weighted by molar-refractivity contribution is -0.124. The second-order valence-corrected chi connectivity index (χ2v) is 9.45. The Morgan fingerprint density at radius 3 is 2.56 bits per heavy atom. The molecule has 1 aliphatic heterocycles. The highest BCUT2D eigenvalue weighted by molar-refractivity contribution is 8.00. The van der Waals surface area contributed by atoms with E-state index in [9.17, 15) is 13.2 Å². The second kappa shape index (κ2) is 8.46. The highest BCUT2D eigenvalue weighted by atomic mass is 32.2. The summed E-state index contributed by atoms with van der Waals surface area (Å²) in [6.45, 7) is 3.91. The van der Waals surface area contributed by atoms with Gasteiger partial charge in [0.1, 0.15) is 6.04 Å². The normalized spacial score (nSPS) is 19.0. The molecule has 1 amide bonds. The van der Waals surface area contributed by atoms with Crippen molar-refractivity contribution >= 4 is 27.7 Å². The van der Waals surface area contributed by atoms with Crippen molar-refractivity contribution in [3.63, 3.8) is 0 Å². The number of hydrogen-bond donors (Lipinski definition) is 1. The molecule has 0 aliphatic carbocycles. The zero-order valence-corrected chi connectivity index (χ0v) is 17.1. The molecule has 0 radical (unpaired) electrons. The monoisotopic (exact) mass is 404 g/mol. The first-order valence-corrected chi connectivity index (χ1v) is 11.6. The Hall–Kier alpha value is -1.83. The molecular weight excluding hydrogens is 380 g/mol. The van der Waals surface area contributed by atoms with Crippen LogP contribution < -0.4 is 5.32 Å². The van der Waals surface area contributed by atoms with Crippen LogP contribution in [0.3, 0.4) is 0 Å². The number of benzene rings is 2. The standard InChI is InChI=1S/C20H24N2O3S2/c1-3-15(2)21-20(23)18-13-26-14-22(18)27(24,25)19-12-8-7-11-17(19)16-9-5-4-6-10-16/h4-12,15,18H,3,13-14H2,1-2H3,(H,21,23). The van der Waals surface area contributed by atoms with Crippen molar-refractivity contribution in [2.24, 2.45) is 0 Å². The Kier molecular flexibility index (Phi) is 6.24. The van der Waals surface area contributed by atoms with E-state index >= 15 is 0 Å². The summed E-state index contributed by atoms with van der Waals surface area (Å²) in [4.78, 5) is 12.9. The lowest BCUT2D eigenvalue weighted by Gasteiger charge is -2.25. The predicted molar refractivity (Wildman–Crippen MR) is 110 cm³/mol. The fourth-order valence-electron chi connectivity index (χ4n) is 2.99. The number of thioether (sulfide) groups is 1. The minimum Gasteiger partial charge on any atom is -0.352 e. The maximum Gasteiger partial charge on any atom is 0.245 e. The van der Waals surface area contributed by atoms with E-state index in [1.165, 1.54) is 16.1 Å². The van der Waals surface area contributed by atoms with Crippen molar-refractivity contribution < 1.29 is 13.2 Å². The number of amides is 1. The van der Waals surface area contributed by atoms with Gasteiger partial charge in [0.25, 0.3) is 0 Å². The van der Waals surface area contributed by atoms with E-state index in [4.69, 9.17) is 0 Å². The molecule has 144 valence electrons. The predicted octanol–water partition coefficient (Wildman–Crippen LogP) is 3.33. The molecule has 5 nitrogen and oxygen atoms in total. The van der Waals surface area contributed by atoms with Crippen LogP contribution in [0.4, 0.5) is 0 Å². The number of carbonyl (C=O) groups excluding carboxylic acids is 1. The van der Waals surface area contributed by atoms with Crippen molar-refractivity contribution in [2.45, 2.75) is 37.2 Å². The molecule has 1 saturated heterocycles. The van der Waals surface area contributed by atoms with Crippen molar-refractivity contribution in [3.05, 3.63) is 54.6 Å². The van der Waals surface area contributed by atoms with Crippen molar-refractivity contribution in [2.75, 3.05) is 11.6 Å². The molecule has 0 aromatic heterocycles. The minimum absolute atomic E-state index is 0.0178. The van der Waals surface area contributed by atoms with Gasteiger partial charge in [0.15, 0.2) is 0 Å². The highest BCUT2D eigenvalue weighted by Gasteiger charge is 2.41. The van der Waals surface area contributed by atoms with Gasteiger partial charge in [0, 0.05) is 17.4 Å². The molecule has 1 heterocycles. The molecular formula is C20H24N2O3S2. The SMILES string of the molecule is CCC(C)NC(=O)C1CSCN1S(=O)(=O)c1ccccc1-c1ccccc1. The van der Waals surface area contributed by atoms with Crippen molar-refractivity contribution in [1.29, 1.82) is 0 Å². The van der Waals surface area contributed by atoms with E-state index < -0.39 is 16.1 Å². The quantitative estimate of drug-likeness (QED) is 0.802.